The number of nitrogens with zero attached hydrogens (tertiary/aromatic N) is 1. The Morgan fingerprint density at radius 3 is 2.89 bits per heavy atom. The molecule has 0 radical (unpaired) electrons. The van der Waals surface area contributed by atoms with Gasteiger partial charge in [0.1, 0.15) is 5.69 Å². The monoisotopic (exact) mass is 266 g/mol. The fourth-order valence-corrected chi connectivity index (χ4v) is 1.46. The zero-order valence-corrected chi connectivity index (χ0v) is 11.1. The van der Waals surface area contributed by atoms with Crippen LogP contribution in [0.4, 0.5) is 5.69 Å². The second-order valence-corrected chi connectivity index (χ2v) is 3.76. The van der Waals surface area contributed by atoms with Gasteiger partial charge in [0.15, 0.2) is 0 Å². The molecule has 1 aromatic rings. The van der Waals surface area contributed by atoms with Crippen LogP contribution in [0, 0.1) is 0 Å². The van der Waals surface area contributed by atoms with Gasteiger partial charge in [-0.2, -0.15) is 0 Å². The Labute approximate surface area is 112 Å². The van der Waals surface area contributed by atoms with Gasteiger partial charge in [0.05, 0.1) is 13.7 Å². The Balaban J connectivity index is 2.37. The van der Waals surface area contributed by atoms with Crippen LogP contribution < -0.4 is 5.32 Å². The summed E-state index contributed by atoms with van der Waals surface area (Å²) in [6.07, 6.45) is 2.56. The molecular weight excluding hydrogens is 248 g/mol. The number of hydrogen-bond acceptors (Lipinski definition) is 6. The minimum Gasteiger partial charge on any atom is -0.466 e. The number of rotatable bonds is 7. The molecule has 0 aliphatic carbocycles. The van der Waals surface area contributed by atoms with Crippen molar-refractivity contribution < 1.29 is 19.1 Å². The molecule has 19 heavy (non-hydrogen) atoms. The number of esters is 2. The first-order valence-electron chi connectivity index (χ1n) is 6.11. The molecule has 6 heteroatoms. The van der Waals surface area contributed by atoms with Crippen LogP contribution in [0.5, 0.6) is 0 Å². The van der Waals surface area contributed by atoms with Gasteiger partial charge < -0.3 is 14.8 Å². The lowest BCUT2D eigenvalue weighted by Gasteiger charge is -2.07. The van der Waals surface area contributed by atoms with Crippen LogP contribution in [0.3, 0.4) is 0 Å². The Hall–Kier alpha value is -2.11. The molecule has 6 nitrogen and oxygen atoms in total. The number of carbonyl (C=O) groups excluding carboxylic acids is 2. The number of pyridine rings is 1. The van der Waals surface area contributed by atoms with Gasteiger partial charge in [0.25, 0.3) is 0 Å². The summed E-state index contributed by atoms with van der Waals surface area (Å²) in [6, 6.07) is 3.35. The van der Waals surface area contributed by atoms with Gasteiger partial charge in [-0.05, 0) is 25.5 Å². The van der Waals surface area contributed by atoms with E-state index in [4.69, 9.17) is 4.74 Å². The maximum Gasteiger partial charge on any atom is 0.356 e. The molecule has 0 aromatic carbocycles. The van der Waals surface area contributed by atoms with Crippen molar-refractivity contribution in [3.8, 4) is 0 Å². The van der Waals surface area contributed by atoms with Crippen LogP contribution in [0.25, 0.3) is 0 Å². The van der Waals surface area contributed by atoms with E-state index in [1.165, 1.54) is 13.3 Å². The number of nitrogens with one attached hydrogen (secondary N) is 1. The third-order valence-electron chi connectivity index (χ3n) is 2.35. The summed E-state index contributed by atoms with van der Waals surface area (Å²) in [5.74, 6) is -0.676. The third-order valence-corrected chi connectivity index (χ3v) is 2.35. The summed E-state index contributed by atoms with van der Waals surface area (Å²) in [5.41, 5.74) is 1.01. The Kier molecular flexibility index (Phi) is 6.35. The molecule has 0 saturated heterocycles. The van der Waals surface area contributed by atoms with E-state index in [0.29, 0.717) is 26.0 Å². The minimum absolute atomic E-state index is 0.200. The van der Waals surface area contributed by atoms with Crippen molar-refractivity contribution >= 4 is 17.6 Å². The highest BCUT2D eigenvalue weighted by Crippen LogP contribution is 2.09. The molecule has 1 aromatic heterocycles. The molecule has 1 N–H and O–H groups in total. The molecular formula is C13H18N2O4. The molecule has 0 fully saturated rings. The summed E-state index contributed by atoms with van der Waals surface area (Å²) in [5, 5.41) is 3.11. The van der Waals surface area contributed by atoms with Gasteiger partial charge in [0.2, 0.25) is 0 Å². The molecule has 0 unspecified atom stereocenters. The molecule has 0 amide bonds. The number of anilines is 1. The van der Waals surface area contributed by atoms with Crippen LogP contribution in [0.2, 0.25) is 0 Å². The summed E-state index contributed by atoms with van der Waals surface area (Å²) < 4.78 is 9.41. The zero-order valence-electron chi connectivity index (χ0n) is 11.1. The van der Waals surface area contributed by atoms with Crippen molar-refractivity contribution in [2.75, 3.05) is 25.6 Å². The zero-order chi connectivity index (χ0) is 14.1. The van der Waals surface area contributed by atoms with E-state index >= 15 is 0 Å². The molecule has 1 rings (SSSR count). The largest absolute Gasteiger partial charge is 0.466 e. The van der Waals surface area contributed by atoms with Crippen LogP contribution in [-0.2, 0) is 14.3 Å². The van der Waals surface area contributed by atoms with Gasteiger partial charge in [-0.25, -0.2) is 9.78 Å². The van der Waals surface area contributed by atoms with Crippen LogP contribution in [-0.4, -0.2) is 37.2 Å². The quantitative estimate of drug-likeness (QED) is 0.597. The fourth-order valence-electron chi connectivity index (χ4n) is 1.46. The van der Waals surface area contributed by atoms with E-state index < -0.39 is 5.97 Å². The first-order chi connectivity index (χ1) is 9.17. The number of aromatic nitrogens is 1. The van der Waals surface area contributed by atoms with Gasteiger partial charge in [-0.15, -0.1) is 0 Å². The minimum atomic E-state index is -0.477. The first kappa shape index (κ1) is 14.9. The smallest absolute Gasteiger partial charge is 0.356 e. The lowest BCUT2D eigenvalue weighted by atomic mass is 10.3. The maximum atomic E-state index is 11.3. The van der Waals surface area contributed by atoms with E-state index in [1.807, 2.05) is 0 Å². The number of hydrogen-bond donors (Lipinski definition) is 1. The summed E-state index contributed by atoms with van der Waals surface area (Å²) >= 11 is 0. The van der Waals surface area contributed by atoms with Crippen molar-refractivity contribution in [3.05, 3.63) is 24.0 Å². The summed E-state index contributed by atoms with van der Waals surface area (Å²) in [6.45, 7) is 2.80. The van der Waals surface area contributed by atoms with Crippen molar-refractivity contribution in [2.24, 2.45) is 0 Å². The van der Waals surface area contributed by atoms with Gasteiger partial charge in [0, 0.05) is 24.8 Å². The van der Waals surface area contributed by atoms with Crippen molar-refractivity contribution in [2.45, 2.75) is 19.8 Å². The SMILES string of the molecule is CCOC(=O)CCCNc1ccnc(C(=O)OC)c1. The fraction of sp³-hybridized carbons (Fsp3) is 0.462. The van der Waals surface area contributed by atoms with Crippen molar-refractivity contribution in [1.82, 2.24) is 4.98 Å². The van der Waals surface area contributed by atoms with Crippen molar-refractivity contribution in [3.63, 3.8) is 0 Å². The van der Waals surface area contributed by atoms with Gasteiger partial charge in [-0.3, -0.25) is 4.79 Å². The lowest BCUT2D eigenvalue weighted by molar-refractivity contribution is -0.143. The Bertz CT molecular complexity index is 434. The Morgan fingerprint density at radius 1 is 1.42 bits per heavy atom. The predicted octanol–water partition coefficient (Wildman–Crippen LogP) is 1.62. The topological polar surface area (TPSA) is 77.5 Å². The van der Waals surface area contributed by atoms with Crippen LogP contribution in [0.1, 0.15) is 30.3 Å². The molecule has 0 saturated carbocycles. The molecule has 0 spiro atoms. The number of ether oxygens (including phenoxy) is 2. The molecule has 0 aliphatic rings. The average molecular weight is 266 g/mol. The summed E-state index contributed by atoms with van der Waals surface area (Å²) in [7, 11) is 1.31. The summed E-state index contributed by atoms with van der Waals surface area (Å²) in [4.78, 5) is 26.3. The lowest BCUT2D eigenvalue weighted by Crippen LogP contribution is -2.09. The first-order valence-corrected chi connectivity index (χ1v) is 6.11. The highest BCUT2D eigenvalue weighted by Gasteiger charge is 2.07. The molecule has 1 heterocycles. The van der Waals surface area contributed by atoms with Gasteiger partial charge >= 0.3 is 11.9 Å². The molecule has 104 valence electrons. The second-order valence-electron chi connectivity index (χ2n) is 3.76. The standard InChI is InChI=1S/C13H18N2O4/c1-3-19-12(16)5-4-7-14-10-6-8-15-11(9-10)13(17)18-2/h6,8-9H,3-5,7H2,1-2H3,(H,14,15). The number of methoxy groups -OCH3 is 1. The third kappa shape index (κ3) is 5.37. The average Bonchev–Trinajstić information content (AvgIpc) is 2.43. The van der Waals surface area contributed by atoms with E-state index in [2.05, 4.69) is 15.0 Å². The Morgan fingerprint density at radius 2 is 2.21 bits per heavy atom. The van der Waals surface area contributed by atoms with Crippen LogP contribution in [0.15, 0.2) is 18.3 Å². The van der Waals surface area contributed by atoms with E-state index in [1.54, 1.807) is 19.1 Å². The molecule has 0 atom stereocenters. The normalized spacial score (nSPS) is 9.79. The molecule has 0 bridgehead atoms. The van der Waals surface area contributed by atoms with E-state index in [-0.39, 0.29) is 11.7 Å². The highest BCUT2D eigenvalue weighted by molar-refractivity contribution is 5.88. The predicted molar refractivity (Wildman–Crippen MR) is 69.9 cm³/mol. The maximum absolute atomic E-state index is 11.3. The van der Waals surface area contributed by atoms with Gasteiger partial charge in [-0.1, -0.05) is 0 Å². The van der Waals surface area contributed by atoms with E-state index in [9.17, 15) is 9.59 Å². The second kappa shape index (κ2) is 8.07. The van der Waals surface area contributed by atoms with Crippen molar-refractivity contribution in [1.29, 1.82) is 0 Å². The highest BCUT2D eigenvalue weighted by atomic mass is 16.5. The van der Waals surface area contributed by atoms with Crippen LogP contribution >= 0.6 is 0 Å². The molecule has 0 aliphatic heterocycles. The van der Waals surface area contributed by atoms with E-state index in [0.717, 1.165) is 5.69 Å². The number of carbonyl (C=O) groups is 2.